The number of hydrogen-bond acceptors (Lipinski definition) is 2. The zero-order valence-electron chi connectivity index (χ0n) is 5.06. The molecule has 1 N–H and O–H groups in total. The Hall–Kier alpha value is -0.570. The van der Waals surface area contributed by atoms with Gasteiger partial charge in [-0.05, 0) is 28.1 Å². The highest BCUT2D eigenvalue weighted by molar-refractivity contribution is 9.10. The molecule has 0 spiro atoms. The van der Waals surface area contributed by atoms with Gasteiger partial charge in [-0.15, -0.1) is 0 Å². The van der Waals surface area contributed by atoms with Crippen LogP contribution in [0.2, 0.25) is 0 Å². The molecule has 1 rings (SSSR count). The van der Waals surface area contributed by atoms with E-state index in [1.807, 2.05) is 19.2 Å². The number of anilines is 1. The first-order chi connectivity index (χ1) is 4.33. The van der Waals surface area contributed by atoms with Crippen molar-refractivity contribution in [3.63, 3.8) is 0 Å². The van der Waals surface area contributed by atoms with E-state index in [9.17, 15) is 0 Å². The average molecular weight is 187 g/mol. The van der Waals surface area contributed by atoms with Crippen molar-refractivity contribution in [1.82, 2.24) is 4.98 Å². The van der Waals surface area contributed by atoms with Crippen LogP contribution >= 0.6 is 15.9 Å². The van der Waals surface area contributed by atoms with Crippen LogP contribution in [0.15, 0.2) is 22.9 Å². The zero-order valence-corrected chi connectivity index (χ0v) is 6.64. The average Bonchev–Trinajstić information content (AvgIpc) is 1.90. The van der Waals surface area contributed by atoms with Gasteiger partial charge >= 0.3 is 0 Å². The third kappa shape index (κ3) is 1.68. The molecule has 0 radical (unpaired) electrons. The molecule has 0 saturated heterocycles. The number of halogens is 1. The van der Waals surface area contributed by atoms with Crippen LogP contribution in [0.3, 0.4) is 0 Å². The van der Waals surface area contributed by atoms with E-state index in [-0.39, 0.29) is 0 Å². The van der Waals surface area contributed by atoms with Crippen LogP contribution < -0.4 is 5.32 Å². The smallest absolute Gasteiger partial charge is 0.106 e. The molecule has 0 aromatic carbocycles. The molecule has 0 aliphatic rings. The lowest BCUT2D eigenvalue weighted by Crippen LogP contribution is -1.87. The number of pyridine rings is 1. The van der Waals surface area contributed by atoms with Crippen LogP contribution in [0.4, 0.5) is 5.69 Å². The number of hydrogen-bond donors (Lipinski definition) is 1. The fourth-order valence-electron chi connectivity index (χ4n) is 0.524. The SMILES string of the molecule is CNc1ccc(Br)nc1. The highest BCUT2D eigenvalue weighted by Crippen LogP contribution is 2.08. The van der Waals surface area contributed by atoms with E-state index in [1.54, 1.807) is 6.20 Å². The lowest BCUT2D eigenvalue weighted by molar-refractivity contribution is 1.27. The Labute approximate surface area is 62.4 Å². The molecular formula is C6H7BrN2. The standard InChI is InChI=1S/C6H7BrN2/c1-8-5-2-3-6(7)9-4-5/h2-4,8H,1H3. The Kier molecular flexibility index (Phi) is 2.05. The minimum absolute atomic E-state index is 0.863. The molecule has 0 aliphatic heterocycles. The van der Waals surface area contributed by atoms with Gasteiger partial charge in [0.05, 0.1) is 11.9 Å². The Morgan fingerprint density at radius 1 is 1.56 bits per heavy atom. The summed E-state index contributed by atoms with van der Waals surface area (Å²) in [6, 6.07) is 3.85. The van der Waals surface area contributed by atoms with Gasteiger partial charge < -0.3 is 5.32 Å². The molecule has 0 unspecified atom stereocenters. The Morgan fingerprint density at radius 2 is 2.33 bits per heavy atom. The van der Waals surface area contributed by atoms with E-state index in [4.69, 9.17) is 0 Å². The summed E-state index contributed by atoms with van der Waals surface area (Å²) in [5.74, 6) is 0. The van der Waals surface area contributed by atoms with Crippen LogP contribution in [0.25, 0.3) is 0 Å². The van der Waals surface area contributed by atoms with E-state index in [2.05, 4.69) is 26.2 Å². The Bertz CT molecular complexity index is 183. The van der Waals surface area contributed by atoms with E-state index in [1.165, 1.54) is 0 Å². The number of nitrogens with zero attached hydrogens (tertiary/aromatic N) is 1. The molecule has 48 valence electrons. The summed E-state index contributed by atoms with van der Waals surface area (Å²) >= 11 is 3.24. The first-order valence-electron chi connectivity index (χ1n) is 2.62. The maximum atomic E-state index is 4.00. The minimum atomic E-state index is 0.863. The normalized spacial score (nSPS) is 9.11. The molecule has 2 nitrogen and oxygen atoms in total. The lowest BCUT2D eigenvalue weighted by atomic mass is 10.4. The summed E-state index contributed by atoms with van der Waals surface area (Å²) < 4.78 is 0.863. The summed E-state index contributed by atoms with van der Waals surface area (Å²) in [7, 11) is 1.87. The van der Waals surface area contributed by atoms with Crippen LogP contribution in [0.1, 0.15) is 0 Å². The van der Waals surface area contributed by atoms with E-state index in [0.717, 1.165) is 10.3 Å². The van der Waals surface area contributed by atoms with Gasteiger partial charge in [-0.2, -0.15) is 0 Å². The molecule has 3 heteroatoms. The van der Waals surface area contributed by atoms with E-state index in [0.29, 0.717) is 0 Å². The molecule has 0 atom stereocenters. The van der Waals surface area contributed by atoms with Crippen molar-refractivity contribution in [2.45, 2.75) is 0 Å². The molecule has 1 aromatic rings. The molecule has 9 heavy (non-hydrogen) atoms. The summed E-state index contributed by atoms with van der Waals surface area (Å²) in [5.41, 5.74) is 1.03. The van der Waals surface area contributed by atoms with Crippen molar-refractivity contribution in [2.24, 2.45) is 0 Å². The van der Waals surface area contributed by atoms with Crippen molar-refractivity contribution in [3.8, 4) is 0 Å². The van der Waals surface area contributed by atoms with Crippen molar-refractivity contribution >= 4 is 21.6 Å². The maximum Gasteiger partial charge on any atom is 0.106 e. The largest absolute Gasteiger partial charge is 0.387 e. The second-order valence-electron chi connectivity index (χ2n) is 1.62. The number of rotatable bonds is 1. The fourth-order valence-corrected chi connectivity index (χ4v) is 0.758. The highest BCUT2D eigenvalue weighted by atomic mass is 79.9. The maximum absolute atomic E-state index is 4.00. The Balaban J connectivity index is 2.88. The molecule has 0 amide bonds. The molecule has 0 fully saturated rings. The van der Waals surface area contributed by atoms with Gasteiger partial charge in [0.15, 0.2) is 0 Å². The predicted octanol–water partition coefficient (Wildman–Crippen LogP) is 1.89. The van der Waals surface area contributed by atoms with Crippen molar-refractivity contribution in [3.05, 3.63) is 22.9 Å². The summed E-state index contributed by atoms with van der Waals surface area (Å²) in [4.78, 5) is 4.00. The van der Waals surface area contributed by atoms with Gasteiger partial charge in [-0.25, -0.2) is 4.98 Å². The lowest BCUT2D eigenvalue weighted by Gasteiger charge is -1.95. The van der Waals surface area contributed by atoms with Gasteiger partial charge in [0.1, 0.15) is 4.60 Å². The van der Waals surface area contributed by atoms with Gasteiger partial charge in [0.25, 0.3) is 0 Å². The monoisotopic (exact) mass is 186 g/mol. The third-order valence-corrected chi connectivity index (χ3v) is 1.49. The second-order valence-corrected chi connectivity index (χ2v) is 2.43. The third-order valence-electron chi connectivity index (χ3n) is 1.02. The van der Waals surface area contributed by atoms with Crippen molar-refractivity contribution < 1.29 is 0 Å². The topological polar surface area (TPSA) is 24.9 Å². The van der Waals surface area contributed by atoms with Crippen LogP contribution in [-0.4, -0.2) is 12.0 Å². The molecule has 1 heterocycles. The quantitative estimate of drug-likeness (QED) is 0.679. The van der Waals surface area contributed by atoms with Gasteiger partial charge in [-0.3, -0.25) is 0 Å². The molecule has 0 aliphatic carbocycles. The summed E-state index contributed by atoms with van der Waals surface area (Å²) in [6.45, 7) is 0. The molecule has 0 bridgehead atoms. The summed E-state index contributed by atoms with van der Waals surface area (Å²) in [6.07, 6.45) is 1.77. The van der Waals surface area contributed by atoms with E-state index >= 15 is 0 Å². The fraction of sp³-hybridized carbons (Fsp3) is 0.167. The van der Waals surface area contributed by atoms with Gasteiger partial charge in [0, 0.05) is 7.05 Å². The number of nitrogens with one attached hydrogen (secondary N) is 1. The van der Waals surface area contributed by atoms with Crippen LogP contribution in [0, 0.1) is 0 Å². The van der Waals surface area contributed by atoms with E-state index < -0.39 is 0 Å². The van der Waals surface area contributed by atoms with Crippen molar-refractivity contribution in [1.29, 1.82) is 0 Å². The van der Waals surface area contributed by atoms with Crippen molar-refractivity contribution in [2.75, 3.05) is 12.4 Å². The predicted molar refractivity (Wildman–Crippen MR) is 41.5 cm³/mol. The Morgan fingerprint density at radius 3 is 2.78 bits per heavy atom. The molecular weight excluding hydrogens is 180 g/mol. The van der Waals surface area contributed by atoms with Gasteiger partial charge in [0.2, 0.25) is 0 Å². The van der Waals surface area contributed by atoms with Gasteiger partial charge in [-0.1, -0.05) is 0 Å². The van der Waals surface area contributed by atoms with Crippen LogP contribution in [-0.2, 0) is 0 Å². The molecule has 1 aromatic heterocycles. The van der Waals surface area contributed by atoms with Crippen LogP contribution in [0.5, 0.6) is 0 Å². The summed E-state index contributed by atoms with van der Waals surface area (Å²) in [5, 5.41) is 2.97. The highest BCUT2D eigenvalue weighted by Gasteiger charge is 1.86. The second kappa shape index (κ2) is 2.82. The first-order valence-corrected chi connectivity index (χ1v) is 3.41. The number of aromatic nitrogens is 1. The minimum Gasteiger partial charge on any atom is -0.387 e. The first kappa shape index (κ1) is 6.55. The zero-order chi connectivity index (χ0) is 6.69. The molecule has 0 saturated carbocycles.